The Labute approximate surface area is 179 Å². The molecule has 0 aliphatic heterocycles. The average molecular weight is 425 g/mol. The number of guanidine groups is 1. The van der Waals surface area contributed by atoms with E-state index in [9.17, 15) is 4.79 Å². The van der Waals surface area contributed by atoms with Gasteiger partial charge in [0.05, 0.1) is 27.9 Å². The molecule has 170 valence electrons. The number of hydrogen-bond acceptors (Lipinski definition) is 6. The molecular formula is C21H36N4O5. The summed E-state index contributed by atoms with van der Waals surface area (Å²) in [5.74, 6) is 2.77. The molecule has 0 bridgehead atoms. The summed E-state index contributed by atoms with van der Waals surface area (Å²) < 4.78 is 21.1. The van der Waals surface area contributed by atoms with E-state index in [0.717, 1.165) is 12.0 Å². The molecule has 0 saturated heterocycles. The topological polar surface area (TPSA) is 102 Å². The number of rotatable bonds is 11. The molecular weight excluding hydrogens is 388 g/mol. The van der Waals surface area contributed by atoms with Crippen molar-refractivity contribution in [2.75, 3.05) is 41.5 Å². The van der Waals surface area contributed by atoms with E-state index in [4.69, 9.17) is 18.9 Å². The van der Waals surface area contributed by atoms with Gasteiger partial charge in [-0.25, -0.2) is 4.79 Å². The Morgan fingerprint density at radius 2 is 1.70 bits per heavy atom. The highest BCUT2D eigenvalue weighted by molar-refractivity contribution is 5.79. The van der Waals surface area contributed by atoms with Gasteiger partial charge in [-0.1, -0.05) is 13.8 Å². The molecule has 9 nitrogen and oxygen atoms in total. The van der Waals surface area contributed by atoms with Crippen molar-refractivity contribution in [2.45, 2.75) is 39.8 Å². The maximum absolute atomic E-state index is 11.8. The summed E-state index contributed by atoms with van der Waals surface area (Å²) in [6, 6.07) is 3.68. The second-order valence-electron chi connectivity index (χ2n) is 7.03. The molecule has 1 unspecified atom stereocenters. The molecule has 0 saturated carbocycles. The fraction of sp³-hybridized carbons (Fsp3) is 0.619. The van der Waals surface area contributed by atoms with Crippen LogP contribution in [-0.2, 0) is 11.3 Å². The van der Waals surface area contributed by atoms with Crippen LogP contribution in [0.1, 0.15) is 32.8 Å². The first-order valence-corrected chi connectivity index (χ1v) is 10.0. The molecule has 9 heteroatoms. The number of carbonyl (C=O) groups excluding carboxylic acids is 1. The van der Waals surface area contributed by atoms with E-state index in [0.29, 0.717) is 48.8 Å². The Morgan fingerprint density at radius 1 is 1.07 bits per heavy atom. The summed E-state index contributed by atoms with van der Waals surface area (Å²) in [7, 11) is 6.43. The highest BCUT2D eigenvalue weighted by atomic mass is 16.5. The predicted octanol–water partition coefficient (Wildman–Crippen LogP) is 2.54. The fourth-order valence-corrected chi connectivity index (χ4v) is 2.97. The molecule has 0 radical (unpaired) electrons. The zero-order chi connectivity index (χ0) is 22.5. The van der Waals surface area contributed by atoms with Crippen LogP contribution in [0.15, 0.2) is 17.1 Å². The third kappa shape index (κ3) is 8.26. The third-order valence-corrected chi connectivity index (χ3v) is 4.28. The quantitative estimate of drug-likeness (QED) is 0.371. The lowest BCUT2D eigenvalue weighted by Gasteiger charge is -2.22. The number of nitrogens with zero attached hydrogens (tertiary/aromatic N) is 1. The molecule has 1 aromatic carbocycles. The van der Waals surface area contributed by atoms with E-state index in [2.05, 4.69) is 34.8 Å². The highest BCUT2D eigenvalue weighted by Crippen LogP contribution is 2.38. The predicted molar refractivity (Wildman–Crippen MR) is 118 cm³/mol. The Bertz CT molecular complexity index is 669. The Hall–Kier alpha value is -2.84. The van der Waals surface area contributed by atoms with Crippen LogP contribution in [0.5, 0.6) is 17.2 Å². The van der Waals surface area contributed by atoms with Gasteiger partial charge in [0.25, 0.3) is 0 Å². The minimum atomic E-state index is -0.412. The van der Waals surface area contributed by atoms with Gasteiger partial charge >= 0.3 is 6.09 Å². The molecule has 3 N–H and O–H groups in total. The lowest BCUT2D eigenvalue weighted by atomic mass is 10.0. The van der Waals surface area contributed by atoms with Gasteiger partial charge in [0.1, 0.15) is 0 Å². The molecule has 30 heavy (non-hydrogen) atoms. The van der Waals surface area contributed by atoms with Gasteiger partial charge in [-0.3, -0.25) is 4.99 Å². The van der Waals surface area contributed by atoms with Crippen LogP contribution in [0.4, 0.5) is 4.79 Å². The normalized spacial score (nSPS) is 12.2. The maximum Gasteiger partial charge on any atom is 0.407 e. The fourth-order valence-electron chi connectivity index (χ4n) is 2.97. The molecule has 0 spiro atoms. The van der Waals surface area contributed by atoms with Gasteiger partial charge in [0, 0.05) is 26.2 Å². The van der Waals surface area contributed by atoms with Crippen molar-refractivity contribution in [2.24, 2.45) is 10.9 Å². The second kappa shape index (κ2) is 13.4. The summed E-state index contributed by atoms with van der Waals surface area (Å²) >= 11 is 0. The molecule has 1 atom stereocenters. The van der Waals surface area contributed by atoms with Crippen molar-refractivity contribution in [3.63, 3.8) is 0 Å². The smallest absolute Gasteiger partial charge is 0.407 e. The third-order valence-electron chi connectivity index (χ3n) is 4.28. The van der Waals surface area contributed by atoms with E-state index < -0.39 is 6.09 Å². The second-order valence-corrected chi connectivity index (χ2v) is 7.03. The number of ether oxygens (including phenoxy) is 4. The number of carbonyl (C=O) groups is 1. The summed E-state index contributed by atoms with van der Waals surface area (Å²) in [6.45, 7) is 7.35. The summed E-state index contributed by atoms with van der Waals surface area (Å²) in [6.07, 6.45) is 0.403. The van der Waals surface area contributed by atoms with Gasteiger partial charge in [-0.15, -0.1) is 0 Å². The van der Waals surface area contributed by atoms with E-state index >= 15 is 0 Å². The lowest BCUT2D eigenvalue weighted by molar-refractivity contribution is 0.146. The van der Waals surface area contributed by atoms with Gasteiger partial charge < -0.3 is 34.9 Å². The van der Waals surface area contributed by atoms with Crippen molar-refractivity contribution in [3.05, 3.63) is 17.7 Å². The van der Waals surface area contributed by atoms with Crippen LogP contribution in [0.25, 0.3) is 0 Å². The first-order chi connectivity index (χ1) is 14.4. The minimum Gasteiger partial charge on any atom is -0.493 e. The summed E-state index contributed by atoms with van der Waals surface area (Å²) in [4.78, 5) is 16.0. The number of nitrogens with one attached hydrogen (secondary N) is 3. The number of benzene rings is 1. The summed E-state index contributed by atoms with van der Waals surface area (Å²) in [5.41, 5.74) is 0.941. The minimum absolute atomic E-state index is 0.0798. The first-order valence-electron chi connectivity index (χ1n) is 10.0. The number of alkyl carbamates (subject to hydrolysis) is 1. The maximum atomic E-state index is 11.8. The van der Waals surface area contributed by atoms with Crippen molar-refractivity contribution in [1.82, 2.24) is 16.0 Å². The molecule has 0 heterocycles. The van der Waals surface area contributed by atoms with E-state index in [1.54, 1.807) is 35.3 Å². The van der Waals surface area contributed by atoms with Crippen molar-refractivity contribution in [3.8, 4) is 17.2 Å². The van der Waals surface area contributed by atoms with Crippen LogP contribution in [0.3, 0.4) is 0 Å². The number of amides is 1. The highest BCUT2D eigenvalue weighted by Gasteiger charge is 2.16. The van der Waals surface area contributed by atoms with E-state index in [1.165, 1.54) is 0 Å². The summed E-state index contributed by atoms with van der Waals surface area (Å²) in [5, 5.41) is 9.40. The monoisotopic (exact) mass is 424 g/mol. The molecule has 0 aliphatic carbocycles. The van der Waals surface area contributed by atoms with Crippen molar-refractivity contribution >= 4 is 12.1 Å². The van der Waals surface area contributed by atoms with Crippen molar-refractivity contribution < 1.29 is 23.7 Å². The number of methoxy groups -OCH3 is 3. The largest absolute Gasteiger partial charge is 0.493 e. The molecule has 0 aliphatic rings. The van der Waals surface area contributed by atoms with Gasteiger partial charge in [-0.05, 0) is 37.0 Å². The SMILES string of the molecule is CCOC(=O)NC(CNC(=NC)NCc1cc(OC)c(OC)c(OC)c1)CC(C)C. The number of hydrogen-bond donors (Lipinski definition) is 3. The van der Waals surface area contributed by atoms with Crippen LogP contribution >= 0.6 is 0 Å². The van der Waals surface area contributed by atoms with Gasteiger partial charge in [0.2, 0.25) is 5.75 Å². The Balaban J connectivity index is 2.74. The standard InChI is InChI=1S/C21H36N4O5/c1-8-30-21(26)25-16(9-14(2)3)13-24-20(22-4)23-12-15-10-17(27-5)19(29-7)18(11-15)28-6/h10-11,14,16H,8-9,12-13H2,1-7H3,(H,25,26)(H2,22,23,24). The van der Waals surface area contributed by atoms with Crippen LogP contribution in [0, 0.1) is 5.92 Å². The lowest BCUT2D eigenvalue weighted by Crippen LogP contribution is -2.47. The Kier molecular flexibility index (Phi) is 11.3. The van der Waals surface area contributed by atoms with Gasteiger partial charge in [0.15, 0.2) is 17.5 Å². The van der Waals surface area contributed by atoms with Crippen molar-refractivity contribution in [1.29, 1.82) is 0 Å². The first kappa shape index (κ1) is 25.2. The molecule has 0 aromatic heterocycles. The Morgan fingerprint density at radius 3 is 2.17 bits per heavy atom. The average Bonchev–Trinajstić information content (AvgIpc) is 2.72. The van der Waals surface area contributed by atoms with E-state index in [1.807, 2.05) is 12.1 Å². The molecule has 1 aromatic rings. The molecule has 0 fully saturated rings. The zero-order valence-electron chi connectivity index (χ0n) is 19.1. The molecule has 1 amide bonds. The van der Waals surface area contributed by atoms with Gasteiger partial charge in [-0.2, -0.15) is 0 Å². The molecule has 1 rings (SSSR count). The zero-order valence-corrected chi connectivity index (χ0v) is 19.1. The van der Waals surface area contributed by atoms with Crippen LogP contribution in [-0.4, -0.2) is 59.6 Å². The van der Waals surface area contributed by atoms with E-state index in [-0.39, 0.29) is 6.04 Å². The van der Waals surface area contributed by atoms with Crippen LogP contribution in [0.2, 0.25) is 0 Å². The number of aliphatic imine (C=N–C) groups is 1. The van der Waals surface area contributed by atoms with Crippen LogP contribution < -0.4 is 30.2 Å².